The number of alkyl halides is 3. The van der Waals surface area contributed by atoms with E-state index in [1.54, 1.807) is 12.1 Å². The number of aromatic nitrogens is 1. The van der Waals surface area contributed by atoms with Gasteiger partial charge < -0.3 is 10.3 Å². The molecule has 0 saturated carbocycles. The average molecular weight is 411 g/mol. The maximum Gasteiger partial charge on any atom is 0.393 e. The molecule has 25 heavy (non-hydrogen) atoms. The van der Waals surface area contributed by atoms with E-state index in [1.165, 1.54) is 17.0 Å². The quantitative estimate of drug-likeness (QED) is 0.525. The summed E-state index contributed by atoms with van der Waals surface area (Å²) in [5.74, 6) is 0. The summed E-state index contributed by atoms with van der Waals surface area (Å²) >= 11 is 3.45. The maximum absolute atomic E-state index is 12.5. The summed E-state index contributed by atoms with van der Waals surface area (Å²) < 4.78 is 38.4. The Hall–Kier alpha value is -1.79. The Balaban J connectivity index is 1.53. The largest absolute Gasteiger partial charge is 0.393 e. The molecule has 0 saturated heterocycles. The lowest BCUT2D eigenvalue weighted by Gasteiger charge is -2.09. The van der Waals surface area contributed by atoms with Gasteiger partial charge in [-0.3, -0.25) is 0 Å². The van der Waals surface area contributed by atoms with E-state index in [0.717, 1.165) is 28.5 Å². The van der Waals surface area contributed by atoms with E-state index in [1.807, 2.05) is 24.4 Å². The molecular formula is C19H18BrF3N2. The number of hydrogen-bond donors (Lipinski definition) is 2. The second kappa shape index (κ2) is 7.62. The molecule has 0 aliphatic rings. The molecule has 2 aromatic carbocycles. The van der Waals surface area contributed by atoms with Crippen LogP contribution < -0.4 is 5.32 Å². The van der Waals surface area contributed by atoms with Crippen LogP contribution in [-0.4, -0.2) is 17.7 Å². The molecule has 2 nitrogen and oxygen atoms in total. The fourth-order valence-electron chi connectivity index (χ4n) is 2.90. The molecule has 1 aromatic heterocycles. The molecule has 0 aliphatic carbocycles. The van der Waals surface area contributed by atoms with Crippen molar-refractivity contribution in [2.24, 2.45) is 0 Å². The number of halogens is 4. The molecule has 3 aromatic rings. The molecule has 0 aliphatic heterocycles. The lowest BCUT2D eigenvalue weighted by Crippen LogP contribution is -2.17. The van der Waals surface area contributed by atoms with Crippen LogP contribution in [0, 0.1) is 0 Å². The van der Waals surface area contributed by atoms with Crippen molar-refractivity contribution < 1.29 is 13.2 Å². The van der Waals surface area contributed by atoms with Crippen molar-refractivity contribution in [3.05, 3.63) is 69.8 Å². The summed E-state index contributed by atoms with van der Waals surface area (Å²) in [6.07, 6.45) is -2.20. The molecule has 0 unspecified atom stereocenters. The summed E-state index contributed by atoms with van der Waals surface area (Å²) in [5.41, 5.74) is 3.48. The number of aromatic amines is 1. The minimum atomic E-state index is -4.17. The lowest BCUT2D eigenvalue weighted by molar-refractivity contribution is -0.127. The third-order valence-electron chi connectivity index (χ3n) is 4.03. The number of nitrogens with one attached hydrogen (secondary N) is 2. The van der Waals surface area contributed by atoms with E-state index in [4.69, 9.17) is 0 Å². The highest BCUT2D eigenvalue weighted by Gasteiger charge is 2.27. The van der Waals surface area contributed by atoms with Gasteiger partial charge in [0.05, 0.1) is 6.42 Å². The van der Waals surface area contributed by atoms with E-state index < -0.39 is 12.6 Å². The Kier molecular flexibility index (Phi) is 5.49. The zero-order valence-electron chi connectivity index (χ0n) is 13.5. The average Bonchev–Trinajstić information content (AvgIpc) is 2.92. The third-order valence-corrected chi connectivity index (χ3v) is 4.52. The zero-order chi connectivity index (χ0) is 17.9. The van der Waals surface area contributed by atoms with Gasteiger partial charge in [0.15, 0.2) is 0 Å². The first-order valence-corrected chi connectivity index (χ1v) is 8.81. The van der Waals surface area contributed by atoms with Gasteiger partial charge in [0.2, 0.25) is 0 Å². The number of H-pyrrole nitrogens is 1. The van der Waals surface area contributed by atoms with Crippen LogP contribution in [-0.2, 0) is 19.4 Å². The fraction of sp³-hybridized carbons (Fsp3) is 0.263. The molecular weight excluding hydrogens is 393 g/mol. The van der Waals surface area contributed by atoms with Crippen LogP contribution >= 0.6 is 15.9 Å². The second-order valence-corrected chi connectivity index (χ2v) is 6.96. The van der Waals surface area contributed by atoms with Gasteiger partial charge in [-0.25, -0.2) is 0 Å². The van der Waals surface area contributed by atoms with Gasteiger partial charge in [-0.05, 0) is 41.8 Å². The molecule has 3 rings (SSSR count). The van der Waals surface area contributed by atoms with Gasteiger partial charge in [-0.2, -0.15) is 13.2 Å². The van der Waals surface area contributed by atoms with Crippen LogP contribution in [0.3, 0.4) is 0 Å². The van der Waals surface area contributed by atoms with Crippen LogP contribution in [0.4, 0.5) is 13.2 Å². The number of rotatable bonds is 6. The Morgan fingerprint density at radius 3 is 2.64 bits per heavy atom. The highest BCUT2D eigenvalue weighted by atomic mass is 79.9. The molecule has 0 amide bonds. The Bertz CT molecular complexity index is 855. The summed E-state index contributed by atoms with van der Waals surface area (Å²) in [4.78, 5) is 3.25. The van der Waals surface area contributed by atoms with Gasteiger partial charge in [0.25, 0.3) is 0 Å². The van der Waals surface area contributed by atoms with Crippen LogP contribution in [0.5, 0.6) is 0 Å². The van der Waals surface area contributed by atoms with Gasteiger partial charge in [-0.1, -0.05) is 46.3 Å². The zero-order valence-corrected chi connectivity index (χ0v) is 15.0. The summed E-state index contributed by atoms with van der Waals surface area (Å²) in [6, 6.07) is 12.8. The van der Waals surface area contributed by atoms with Crippen molar-refractivity contribution in [3.8, 4) is 0 Å². The van der Waals surface area contributed by atoms with E-state index in [9.17, 15) is 13.2 Å². The first kappa shape index (κ1) is 18.0. The second-order valence-electron chi connectivity index (χ2n) is 6.04. The Morgan fingerprint density at radius 1 is 1.04 bits per heavy atom. The predicted molar refractivity (Wildman–Crippen MR) is 97.6 cm³/mol. The van der Waals surface area contributed by atoms with Crippen LogP contribution in [0.15, 0.2) is 53.1 Å². The molecule has 0 spiro atoms. The first-order chi connectivity index (χ1) is 11.9. The molecule has 1 heterocycles. The van der Waals surface area contributed by atoms with Gasteiger partial charge in [0.1, 0.15) is 0 Å². The van der Waals surface area contributed by atoms with Gasteiger partial charge in [0, 0.05) is 28.1 Å². The van der Waals surface area contributed by atoms with E-state index in [-0.39, 0.29) is 0 Å². The summed E-state index contributed by atoms with van der Waals surface area (Å²) in [5, 5.41) is 4.49. The number of fused-ring (bicyclic) bond motifs is 1. The van der Waals surface area contributed by atoms with Crippen molar-refractivity contribution in [2.45, 2.75) is 25.6 Å². The standard InChI is InChI=1S/C19H18BrF3N2/c20-16-4-5-17-15(12-25-18(17)9-16)6-7-24-11-14-3-1-2-13(8-14)10-19(21,22)23/h1-5,8-9,12,24-25H,6-7,10-11H2. The summed E-state index contributed by atoms with van der Waals surface area (Å²) in [7, 11) is 0. The third kappa shape index (κ3) is 5.09. The molecule has 0 atom stereocenters. The van der Waals surface area contributed by atoms with E-state index in [2.05, 4.69) is 32.3 Å². The maximum atomic E-state index is 12.5. The molecule has 0 fully saturated rings. The molecule has 0 radical (unpaired) electrons. The Labute approximate surface area is 152 Å². The smallest absolute Gasteiger partial charge is 0.361 e. The predicted octanol–water partition coefficient (Wildman–Crippen LogP) is 5.37. The molecule has 0 bridgehead atoms. The normalized spacial score (nSPS) is 12.0. The highest BCUT2D eigenvalue weighted by molar-refractivity contribution is 9.10. The molecule has 132 valence electrons. The SMILES string of the molecule is FC(F)(F)Cc1cccc(CNCCc2c[nH]c3cc(Br)ccc23)c1. The summed E-state index contributed by atoms with van der Waals surface area (Å²) in [6.45, 7) is 1.31. The number of benzene rings is 2. The molecule has 2 N–H and O–H groups in total. The van der Waals surface area contributed by atoms with Crippen molar-refractivity contribution in [2.75, 3.05) is 6.54 Å². The van der Waals surface area contributed by atoms with Crippen LogP contribution in [0.1, 0.15) is 16.7 Å². The van der Waals surface area contributed by atoms with Crippen molar-refractivity contribution in [1.82, 2.24) is 10.3 Å². The van der Waals surface area contributed by atoms with Crippen molar-refractivity contribution >= 4 is 26.8 Å². The van der Waals surface area contributed by atoms with Crippen LogP contribution in [0.25, 0.3) is 10.9 Å². The van der Waals surface area contributed by atoms with Gasteiger partial charge in [-0.15, -0.1) is 0 Å². The van der Waals surface area contributed by atoms with Crippen molar-refractivity contribution in [3.63, 3.8) is 0 Å². The Morgan fingerprint density at radius 2 is 1.84 bits per heavy atom. The van der Waals surface area contributed by atoms with E-state index >= 15 is 0 Å². The fourth-order valence-corrected chi connectivity index (χ4v) is 3.26. The van der Waals surface area contributed by atoms with Gasteiger partial charge >= 0.3 is 6.18 Å². The number of hydrogen-bond acceptors (Lipinski definition) is 1. The van der Waals surface area contributed by atoms with Crippen LogP contribution in [0.2, 0.25) is 0 Å². The topological polar surface area (TPSA) is 27.8 Å². The monoisotopic (exact) mass is 410 g/mol. The highest BCUT2D eigenvalue weighted by Crippen LogP contribution is 2.23. The lowest BCUT2D eigenvalue weighted by atomic mass is 10.1. The molecule has 6 heteroatoms. The minimum absolute atomic E-state index is 0.300. The first-order valence-electron chi connectivity index (χ1n) is 8.01. The minimum Gasteiger partial charge on any atom is -0.361 e. The van der Waals surface area contributed by atoms with E-state index in [0.29, 0.717) is 12.1 Å². The van der Waals surface area contributed by atoms with Crippen molar-refractivity contribution in [1.29, 1.82) is 0 Å².